The average molecular weight is 460 g/mol. The van der Waals surface area contributed by atoms with E-state index in [0.29, 0.717) is 5.46 Å². The molecule has 12 heteroatoms. The highest BCUT2D eigenvalue weighted by molar-refractivity contribution is 6.76. The quantitative estimate of drug-likeness (QED) is 0.253. The molecule has 0 aliphatic heterocycles. The van der Waals surface area contributed by atoms with Crippen LogP contribution in [-0.2, 0) is 0 Å². The molecule has 166 valence electrons. The summed E-state index contributed by atoms with van der Waals surface area (Å²) in [5, 5.41) is 25.1. The number of benzene rings is 4. The van der Waals surface area contributed by atoms with E-state index < -0.39 is 7.12 Å². The van der Waals surface area contributed by atoms with E-state index in [-0.39, 0.29) is 0 Å². The molecule has 2 aromatic heterocycles. The summed E-state index contributed by atoms with van der Waals surface area (Å²) in [7, 11) is 13.3. The largest absolute Gasteiger partial charge is 0.487 e. The van der Waals surface area contributed by atoms with Gasteiger partial charge in [-0.15, -0.1) is 5.46 Å². The molecule has 36 heavy (non-hydrogen) atoms. The van der Waals surface area contributed by atoms with Gasteiger partial charge < -0.3 is 19.0 Å². The molecule has 0 bridgehead atoms. The van der Waals surface area contributed by atoms with Crippen LogP contribution in [0.3, 0.4) is 0 Å². The van der Waals surface area contributed by atoms with Crippen molar-refractivity contribution in [3.8, 4) is 5.69 Å². The highest BCUT2D eigenvalue weighted by Crippen LogP contribution is 2.32. The lowest BCUT2D eigenvalue weighted by Crippen LogP contribution is -2.56. The lowest BCUT2D eigenvalue weighted by molar-refractivity contribution is 0.426. The SMILES string of the molecule is Bc1c(B)c(B)c2c(c1B)c1c(B)c(B(O)O)c(B)c(B)c1n2-c1ccc2c(c1)oc1ccccc12. The minimum absolute atomic E-state index is 0.599. The van der Waals surface area contributed by atoms with Gasteiger partial charge in [0, 0.05) is 33.6 Å². The van der Waals surface area contributed by atoms with Crippen molar-refractivity contribution in [2.24, 2.45) is 0 Å². The predicted molar refractivity (Wildman–Crippen MR) is 175 cm³/mol. The van der Waals surface area contributed by atoms with Gasteiger partial charge in [0.25, 0.3) is 0 Å². The molecule has 0 radical (unpaired) electrons. The molecule has 0 saturated carbocycles. The maximum absolute atomic E-state index is 10.3. The zero-order valence-corrected chi connectivity index (χ0v) is 21.9. The van der Waals surface area contributed by atoms with Crippen LogP contribution in [0.5, 0.6) is 0 Å². The fourth-order valence-electron chi connectivity index (χ4n) is 6.24. The molecular formula is C24H23B8NO3. The molecule has 4 nitrogen and oxygen atoms in total. The number of aromatic nitrogens is 1. The molecule has 0 atom stereocenters. The Kier molecular flexibility index (Phi) is 5.16. The number of fused-ring (bicyclic) bond motifs is 6. The van der Waals surface area contributed by atoms with E-state index in [1.807, 2.05) is 33.9 Å². The number of nitrogens with zero attached hydrogens (tertiary/aromatic N) is 1. The molecule has 0 fully saturated rings. The molecule has 0 aliphatic carbocycles. The number of hydrogen-bond donors (Lipinski definition) is 2. The van der Waals surface area contributed by atoms with Gasteiger partial charge in [-0.2, -0.15) is 0 Å². The van der Waals surface area contributed by atoms with Crippen LogP contribution >= 0.6 is 0 Å². The summed E-state index contributed by atoms with van der Waals surface area (Å²) in [5.41, 5.74) is 13.5. The third-order valence-electron chi connectivity index (χ3n) is 8.57. The van der Waals surface area contributed by atoms with Crippen molar-refractivity contribution >= 4 is 149 Å². The first kappa shape index (κ1) is 23.3. The number of furan rings is 1. The van der Waals surface area contributed by atoms with E-state index in [4.69, 9.17) is 4.42 Å². The molecule has 2 N–H and O–H groups in total. The minimum Gasteiger partial charge on any atom is -0.456 e. The van der Waals surface area contributed by atoms with E-state index in [1.165, 1.54) is 27.2 Å². The Labute approximate surface area is 216 Å². The zero-order valence-electron chi connectivity index (χ0n) is 21.9. The van der Waals surface area contributed by atoms with Crippen LogP contribution in [0.15, 0.2) is 46.9 Å². The number of para-hydroxylation sites is 1. The molecule has 0 aliphatic rings. The highest BCUT2D eigenvalue weighted by atomic mass is 16.4. The Morgan fingerprint density at radius 2 is 1.19 bits per heavy atom. The van der Waals surface area contributed by atoms with Crippen molar-refractivity contribution in [1.29, 1.82) is 0 Å². The molecule has 0 unspecified atom stereocenters. The molecule has 0 spiro atoms. The first-order valence-electron chi connectivity index (χ1n) is 12.4. The van der Waals surface area contributed by atoms with Gasteiger partial charge in [-0.25, -0.2) is 0 Å². The smallest absolute Gasteiger partial charge is 0.456 e. The number of rotatable bonds is 2. The summed E-state index contributed by atoms with van der Waals surface area (Å²) in [6, 6.07) is 14.6. The van der Waals surface area contributed by atoms with Crippen molar-refractivity contribution in [2.75, 3.05) is 0 Å². The Morgan fingerprint density at radius 3 is 1.89 bits per heavy atom. The van der Waals surface area contributed by atoms with Gasteiger partial charge in [0.2, 0.25) is 0 Å². The first-order valence-corrected chi connectivity index (χ1v) is 12.4. The van der Waals surface area contributed by atoms with Crippen molar-refractivity contribution in [1.82, 2.24) is 4.57 Å². The van der Waals surface area contributed by atoms with Crippen molar-refractivity contribution < 1.29 is 14.5 Å². The van der Waals surface area contributed by atoms with Crippen molar-refractivity contribution in [3.05, 3.63) is 42.5 Å². The Morgan fingerprint density at radius 1 is 0.611 bits per heavy atom. The Balaban J connectivity index is 1.86. The average Bonchev–Trinajstić information content (AvgIpc) is 3.41. The van der Waals surface area contributed by atoms with Crippen LogP contribution in [0, 0.1) is 0 Å². The van der Waals surface area contributed by atoms with E-state index >= 15 is 0 Å². The molecule has 2 heterocycles. The molecule has 4 aromatic carbocycles. The van der Waals surface area contributed by atoms with E-state index in [2.05, 4.69) is 68.1 Å². The van der Waals surface area contributed by atoms with Gasteiger partial charge in [-0.1, -0.05) is 51.0 Å². The van der Waals surface area contributed by atoms with Crippen LogP contribution in [-0.4, -0.2) is 76.7 Å². The van der Waals surface area contributed by atoms with E-state index in [9.17, 15) is 10.0 Å². The Hall–Kier alpha value is -3.08. The third kappa shape index (κ3) is 2.95. The lowest BCUT2D eigenvalue weighted by Gasteiger charge is -2.17. The third-order valence-corrected chi connectivity index (χ3v) is 8.57. The Bertz CT molecular complexity index is 1910. The van der Waals surface area contributed by atoms with Gasteiger partial charge in [0.05, 0.1) is 0 Å². The monoisotopic (exact) mass is 461 g/mol. The highest BCUT2D eigenvalue weighted by Gasteiger charge is 2.27. The van der Waals surface area contributed by atoms with Crippen molar-refractivity contribution in [2.45, 2.75) is 0 Å². The molecule has 0 saturated heterocycles. The van der Waals surface area contributed by atoms with E-state index in [0.717, 1.165) is 60.4 Å². The van der Waals surface area contributed by atoms with Crippen LogP contribution in [0.2, 0.25) is 0 Å². The predicted octanol–water partition coefficient (Wildman–Crippen LogP) is -7.83. The van der Waals surface area contributed by atoms with Gasteiger partial charge in [0.1, 0.15) is 66.1 Å². The second-order valence-electron chi connectivity index (χ2n) is 10.2. The van der Waals surface area contributed by atoms with E-state index in [1.54, 1.807) is 0 Å². The summed E-state index contributed by atoms with van der Waals surface area (Å²) in [6.45, 7) is 0. The second-order valence-corrected chi connectivity index (χ2v) is 10.2. The summed E-state index contributed by atoms with van der Waals surface area (Å²) < 4.78 is 8.62. The molecule has 6 rings (SSSR count). The normalized spacial score (nSPS) is 11.8. The summed E-state index contributed by atoms with van der Waals surface area (Å²) in [6.07, 6.45) is 0. The van der Waals surface area contributed by atoms with Gasteiger partial charge >= 0.3 is 7.12 Å². The summed E-state index contributed by atoms with van der Waals surface area (Å²) in [5.74, 6) is 0. The summed E-state index contributed by atoms with van der Waals surface area (Å²) >= 11 is 0. The summed E-state index contributed by atoms with van der Waals surface area (Å²) in [4.78, 5) is 0. The van der Waals surface area contributed by atoms with Crippen LogP contribution in [0.25, 0.3) is 49.4 Å². The van der Waals surface area contributed by atoms with Gasteiger partial charge in [-0.3, -0.25) is 0 Å². The maximum atomic E-state index is 10.3. The second kappa shape index (κ2) is 7.96. The minimum atomic E-state index is -1.52. The first-order chi connectivity index (χ1) is 17.1. The maximum Gasteiger partial charge on any atom is 0.487 e. The molecule has 6 aromatic rings. The van der Waals surface area contributed by atoms with Crippen LogP contribution in [0.4, 0.5) is 0 Å². The topological polar surface area (TPSA) is 58.5 Å². The van der Waals surface area contributed by atoms with Crippen molar-refractivity contribution in [3.63, 3.8) is 0 Å². The van der Waals surface area contributed by atoms with Gasteiger partial charge in [-0.05, 0) is 34.4 Å². The fraction of sp³-hybridized carbons (Fsp3) is 0. The van der Waals surface area contributed by atoms with Crippen LogP contribution < -0.4 is 43.7 Å². The van der Waals surface area contributed by atoms with Gasteiger partial charge in [0.15, 0.2) is 0 Å². The molecular weight excluding hydrogens is 437 g/mol. The zero-order chi connectivity index (χ0) is 25.6. The standard InChI is InChI=1S/C24H23B8NO3/c25-15-13-14-16(26)22(32(34)35)19(29)21(31)24(14)33(23(13)20(30)18(28)17(15)27)8-5-6-10-9-3-1-2-4-11(9)36-12(10)7-8/h1-7,34-35H,25-31H2. The van der Waals surface area contributed by atoms with Crippen LogP contribution in [0.1, 0.15) is 0 Å². The lowest BCUT2D eigenvalue weighted by atomic mass is 9.59. The number of hydrogen-bond acceptors (Lipinski definition) is 3. The fourth-order valence-corrected chi connectivity index (χ4v) is 6.24. The molecule has 0 amide bonds.